The molecular formula is C15H16BrNO4S. The van der Waals surface area contributed by atoms with Crippen LogP contribution in [0.25, 0.3) is 0 Å². The molecule has 22 heavy (non-hydrogen) atoms. The minimum atomic E-state index is -3.71. The fourth-order valence-corrected chi connectivity index (χ4v) is 3.67. The topological polar surface area (TPSA) is 64.6 Å². The van der Waals surface area contributed by atoms with Crippen LogP contribution in [0.5, 0.6) is 11.5 Å². The first-order valence-corrected chi connectivity index (χ1v) is 8.70. The fraction of sp³-hybridized carbons (Fsp3) is 0.200. The molecule has 0 fully saturated rings. The van der Waals surface area contributed by atoms with Gasteiger partial charge >= 0.3 is 0 Å². The number of nitrogens with one attached hydrogen (secondary N) is 1. The molecule has 0 unspecified atom stereocenters. The highest BCUT2D eigenvalue weighted by atomic mass is 79.9. The van der Waals surface area contributed by atoms with Crippen molar-refractivity contribution >= 4 is 26.0 Å². The lowest BCUT2D eigenvalue weighted by atomic mass is 10.2. The average molecular weight is 386 g/mol. The first kappa shape index (κ1) is 16.8. The third kappa shape index (κ3) is 3.79. The van der Waals surface area contributed by atoms with Crippen molar-refractivity contribution in [3.8, 4) is 11.5 Å². The van der Waals surface area contributed by atoms with Gasteiger partial charge in [-0.25, -0.2) is 13.1 Å². The van der Waals surface area contributed by atoms with Crippen LogP contribution in [-0.2, 0) is 16.6 Å². The molecule has 0 spiro atoms. The van der Waals surface area contributed by atoms with Gasteiger partial charge < -0.3 is 9.47 Å². The van der Waals surface area contributed by atoms with Crippen molar-refractivity contribution in [2.24, 2.45) is 0 Å². The molecule has 0 bridgehead atoms. The van der Waals surface area contributed by atoms with Crippen molar-refractivity contribution in [1.29, 1.82) is 0 Å². The number of halogens is 1. The number of rotatable bonds is 6. The number of methoxy groups -OCH3 is 2. The molecule has 0 saturated heterocycles. The first-order chi connectivity index (χ1) is 10.5. The third-order valence-electron chi connectivity index (χ3n) is 3.06. The van der Waals surface area contributed by atoms with Crippen LogP contribution in [-0.4, -0.2) is 22.6 Å². The lowest BCUT2D eigenvalue weighted by Gasteiger charge is -2.12. The summed E-state index contributed by atoms with van der Waals surface area (Å²) in [5.74, 6) is 0.919. The average Bonchev–Trinajstić information content (AvgIpc) is 2.53. The molecule has 2 aromatic rings. The molecule has 0 aliphatic heterocycles. The van der Waals surface area contributed by atoms with Crippen LogP contribution in [0.1, 0.15) is 5.56 Å². The maximum absolute atomic E-state index is 12.5. The molecule has 0 saturated carbocycles. The highest BCUT2D eigenvalue weighted by molar-refractivity contribution is 9.10. The smallest absolute Gasteiger partial charge is 0.244 e. The zero-order valence-corrected chi connectivity index (χ0v) is 14.6. The molecule has 2 aromatic carbocycles. The van der Waals surface area contributed by atoms with Crippen molar-refractivity contribution in [1.82, 2.24) is 4.72 Å². The van der Waals surface area contributed by atoms with Crippen molar-refractivity contribution in [2.45, 2.75) is 11.4 Å². The van der Waals surface area contributed by atoms with E-state index >= 15 is 0 Å². The SMILES string of the molecule is COc1ccccc1CNS(=O)(=O)c1cc(Br)ccc1OC. The summed E-state index contributed by atoms with van der Waals surface area (Å²) in [6.07, 6.45) is 0. The van der Waals surface area contributed by atoms with E-state index in [1.54, 1.807) is 31.4 Å². The number of ether oxygens (including phenoxy) is 2. The zero-order chi connectivity index (χ0) is 16.2. The number of hydrogen-bond donors (Lipinski definition) is 1. The molecule has 5 nitrogen and oxygen atoms in total. The number of benzene rings is 2. The molecule has 7 heteroatoms. The highest BCUT2D eigenvalue weighted by Crippen LogP contribution is 2.27. The predicted molar refractivity (Wildman–Crippen MR) is 87.7 cm³/mol. The van der Waals surface area contributed by atoms with E-state index in [0.717, 1.165) is 5.56 Å². The van der Waals surface area contributed by atoms with Crippen LogP contribution in [0.3, 0.4) is 0 Å². The lowest BCUT2D eigenvalue weighted by Crippen LogP contribution is -2.24. The Kier molecular flexibility index (Phi) is 5.44. The van der Waals surface area contributed by atoms with Crippen LogP contribution in [0.2, 0.25) is 0 Å². The predicted octanol–water partition coefficient (Wildman–Crippen LogP) is 2.94. The second-order valence-corrected chi connectivity index (χ2v) is 7.08. The van der Waals surface area contributed by atoms with Gasteiger partial charge in [-0.1, -0.05) is 34.1 Å². The summed E-state index contributed by atoms with van der Waals surface area (Å²) >= 11 is 3.27. The second-order valence-electron chi connectivity index (χ2n) is 4.43. The van der Waals surface area contributed by atoms with E-state index in [1.807, 2.05) is 12.1 Å². The van der Waals surface area contributed by atoms with Gasteiger partial charge in [-0.15, -0.1) is 0 Å². The summed E-state index contributed by atoms with van der Waals surface area (Å²) in [7, 11) is -0.730. The first-order valence-electron chi connectivity index (χ1n) is 6.43. The summed E-state index contributed by atoms with van der Waals surface area (Å²) in [6.45, 7) is 0.127. The Balaban J connectivity index is 2.27. The number of para-hydroxylation sites is 1. The van der Waals surface area contributed by atoms with Gasteiger partial charge in [-0.2, -0.15) is 0 Å². The summed E-state index contributed by atoms with van der Waals surface area (Å²) in [5.41, 5.74) is 0.752. The molecule has 118 valence electrons. The standard InChI is InChI=1S/C15H16BrNO4S/c1-20-13-6-4-3-5-11(13)10-17-22(18,19)15-9-12(16)7-8-14(15)21-2/h3-9,17H,10H2,1-2H3. The van der Waals surface area contributed by atoms with E-state index in [9.17, 15) is 8.42 Å². The zero-order valence-electron chi connectivity index (χ0n) is 12.2. The largest absolute Gasteiger partial charge is 0.496 e. The Morgan fingerprint density at radius 1 is 1.05 bits per heavy atom. The summed E-state index contributed by atoms with van der Waals surface area (Å²) in [4.78, 5) is 0.0827. The van der Waals surface area contributed by atoms with Gasteiger partial charge in [-0.3, -0.25) is 0 Å². The molecule has 0 radical (unpaired) electrons. The summed E-state index contributed by atoms with van der Waals surface area (Å²) < 4.78 is 38.5. The number of hydrogen-bond acceptors (Lipinski definition) is 4. The van der Waals surface area contributed by atoms with E-state index in [-0.39, 0.29) is 17.2 Å². The van der Waals surface area contributed by atoms with Crippen LogP contribution in [0, 0.1) is 0 Å². The van der Waals surface area contributed by atoms with Crippen molar-refractivity contribution < 1.29 is 17.9 Å². The minimum Gasteiger partial charge on any atom is -0.496 e. The van der Waals surface area contributed by atoms with E-state index in [0.29, 0.717) is 10.2 Å². The quantitative estimate of drug-likeness (QED) is 0.829. The van der Waals surface area contributed by atoms with Crippen molar-refractivity contribution in [3.63, 3.8) is 0 Å². The molecule has 0 aromatic heterocycles. The number of sulfonamides is 1. The molecule has 0 amide bonds. The van der Waals surface area contributed by atoms with Crippen LogP contribution in [0.4, 0.5) is 0 Å². The van der Waals surface area contributed by atoms with Crippen molar-refractivity contribution in [2.75, 3.05) is 14.2 Å². The van der Waals surface area contributed by atoms with Gasteiger partial charge in [-0.05, 0) is 24.3 Å². The normalized spacial score (nSPS) is 11.2. The molecule has 0 aliphatic rings. The Hall–Kier alpha value is -1.57. The monoisotopic (exact) mass is 385 g/mol. The third-order valence-corrected chi connectivity index (χ3v) is 4.98. The summed E-state index contributed by atoms with van der Waals surface area (Å²) in [6, 6.07) is 12.1. The maximum atomic E-state index is 12.5. The molecule has 1 N–H and O–H groups in total. The maximum Gasteiger partial charge on any atom is 0.244 e. The van der Waals surface area contributed by atoms with E-state index in [2.05, 4.69) is 20.7 Å². The van der Waals surface area contributed by atoms with Gasteiger partial charge in [0.25, 0.3) is 0 Å². The van der Waals surface area contributed by atoms with E-state index in [1.165, 1.54) is 13.2 Å². The lowest BCUT2D eigenvalue weighted by molar-refractivity contribution is 0.402. The Morgan fingerprint density at radius 2 is 1.73 bits per heavy atom. The van der Waals surface area contributed by atoms with Crippen LogP contribution in [0.15, 0.2) is 51.8 Å². The van der Waals surface area contributed by atoms with Gasteiger partial charge in [0, 0.05) is 16.6 Å². The highest BCUT2D eigenvalue weighted by Gasteiger charge is 2.20. The van der Waals surface area contributed by atoms with Gasteiger partial charge in [0.1, 0.15) is 16.4 Å². The molecule has 0 atom stereocenters. The van der Waals surface area contributed by atoms with Crippen molar-refractivity contribution in [3.05, 3.63) is 52.5 Å². The van der Waals surface area contributed by atoms with Gasteiger partial charge in [0.05, 0.1) is 14.2 Å². The molecular weight excluding hydrogens is 370 g/mol. The Morgan fingerprint density at radius 3 is 2.41 bits per heavy atom. The Bertz CT molecular complexity index is 762. The summed E-state index contributed by atoms with van der Waals surface area (Å²) in [5, 5.41) is 0. The molecule has 0 aliphatic carbocycles. The van der Waals surface area contributed by atoms with E-state index in [4.69, 9.17) is 9.47 Å². The van der Waals surface area contributed by atoms with Gasteiger partial charge in [0.15, 0.2) is 0 Å². The van der Waals surface area contributed by atoms with Gasteiger partial charge in [0.2, 0.25) is 10.0 Å². The van der Waals surface area contributed by atoms with E-state index < -0.39 is 10.0 Å². The van der Waals surface area contributed by atoms with Crippen LogP contribution >= 0.6 is 15.9 Å². The fourth-order valence-electron chi connectivity index (χ4n) is 1.96. The molecule has 2 rings (SSSR count). The minimum absolute atomic E-state index is 0.0827. The molecule has 0 heterocycles. The second kappa shape index (κ2) is 7.13. The Labute approximate surface area is 138 Å². The van der Waals surface area contributed by atoms with Crippen LogP contribution < -0.4 is 14.2 Å².